The highest BCUT2D eigenvalue weighted by molar-refractivity contribution is 5.96. The monoisotopic (exact) mass is 478 g/mol. The molecular formula is C32H30O4. The van der Waals surface area contributed by atoms with Crippen LogP contribution in [-0.2, 0) is 27.2 Å². The van der Waals surface area contributed by atoms with Gasteiger partial charge in [0, 0.05) is 18.4 Å². The van der Waals surface area contributed by atoms with Crippen LogP contribution >= 0.6 is 0 Å². The van der Waals surface area contributed by atoms with E-state index in [2.05, 4.69) is 19.7 Å². The summed E-state index contributed by atoms with van der Waals surface area (Å²) >= 11 is 0. The maximum atomic E-state index is 12.2. The fourth-order valence-electron chi connectivity index (χ4n) is 3.49. The van der Waals surface area contributed by atoms with Crippen LogP contribution in [0.4, 0.5) is 0 Å². The van der Waals surface area contributed by atoms with Crippen LogP contribution in [0.3, 0.4) is 0 Å². The van der Waals surface area contributed by atoms with E-state index in [1.807, 2.05) is 54.6 Å². The Kier molecular flexibility index (Phi) is 8.34. The number of hydrogen-bond acceptors (Lipinski definition) is 4. The molecule has 0 atom stereocenters. The zero-order valence-corrected chi connectivity index (χ0v) is 21.0. The van der Waals surface area contributed by atoms with Gasteiger partial charge in [-0.05, 0) is 83.5 Å². The van der Waals surface area contributed by atoms with E-state index in [1.54, 1.807) is 32.9 Å². The fraction of sp³-hybridized carbons (Fsp3) is 0.156. The molecule has 3 rings (SSSR count). The van der Waals surface area contributed by atoms with Crippen molar-refractivity contribution in [3.8, 4) is 28.0 Å². The number of Topliss-reactive ketones (excluding diaryl/α,β-unsaturated/α-hetero) is 2. The molecule has 3 aromatic rings. The minimum atomic E-state index is -0.500. The van der Waals surface area contributed by atoms with Crippen LogP contribution in [0, 0.1) is 0 Å². The molecule has 0 spiro atoms. The maximum Gasteiger partial charge on any atom is 0.338 e. The summed E-state index contributed by atoms with van der Waals surface area (Å²) in [6.07, 6.45) is 0.606. The van der Waals surface area contributed by atoms with E-state index >= 15 is 0 Å². The number of carbonyl (C=O) groups excluding carboxylic acids is 3. The number of benzene rings is 3. The van der Waals surface area contributed by atoms with Crippen molar-refractivity contribution in [2.75, 3.05) is 0 Å². The van der Waals surface area contributed by atoms with Crippen LogP contribution in [0.2, 0.25) is 0 Å². The molecule has 3 aromatic carbocycles. The molecule has 0 unspecified atom stereocenters. The Labute approximate surface area is 212 Å². The Morgan fingerprint density at radius 2 is 0.972 bits per heavy atom. The summed E-state index contributed by atoms with van der Waals surface area (Å²) in [7, 11) is 0. The molecule has 0 heterocycles. The Morgan fingerprint density at radius 3 is 1.31 bits per heavy atom. The molecule has 0 aliphatic carbocycles. The fourth-order valence-corrected chi connectivity index (χ4v) is 3.49. The molecule has 0 saturated heterocycles. The molecule has 36 heavy (non-hydrogen) atoms. The van der Waals surface area contributed by atoms with Gasteiger partial charge in [-0.3, -0.25) is 9.59 Å². The molecule has 182 valence electrons. The van der Waals surface area contributed by atoms with Gasteiger partial charge in [-0.1, -0.05) is 68.3 Å². The average molecular weight is 479 g/mol. The number of allylic oxidation sites excluding steroid dienone is 2. The zero-order valence-electron chi connectivity index (χ0n) is 21.0. The quantitative estimate of drug-likeness (QED) is 0.181. The van der Waals surface area contributed by atoms with E-state index in [-0.39, 0.29) is 11.6 Å². The van der Waals surface area contributed by atoms with Crippen molar-refractivity contribution in [1.29, 1.82) is 0 Å². The van der Waals surface area contributed by atoms with E-state index in [1.165, 1.54) is 0 Å². The highest BCUT2D eigenvalue weighted by atomic mass is 16.5. The van der Waals surface area contributed by atoms with Gasteiger partial charge in [0.2, 0.25) is 0 Å². The molecule has 0 aliphatic rings. The SMILES string of the molecule is C=C(C)C(=O)Cc1ccc(-c2cc(OC(=O)C(=C)C)cc(-c3ccc(CC(=O)C(=C)C)cc3)c2)cc1. The van der Waals surface area contributed by atoms with E-state index in [0.29, 0.717) is 35.3 Å². The summed E-state index contributed by atoms with van der Waals surface area (Å²) in [5, 5.41) is 0. The van der Waals surface area contributed by atoms with Gasteiger partial charge in [-0.15, -0.1) is 0 Å². The molecule has 0 N–H and O–H groups in total. The van der Waals surface area contributed by atoms with Gasteiger partial charge < -0.3 is 4.74 Å². The van der Waals surface area contributed by atoms with Crippen molar-refractivity contribution in [2.45, 2.75) is 33.6 Å². The molecular weight excluding hydrogens is 448 g/mol. The van der Waals surface area contributed by atoms with Crippen LogP contribution in [0.15, 0.2) is 103 Å². The van der Waals surface area contributed by atoms with Gasteiger partial charge >= 0.3 is 5.97 Å². The standard InChI is InChI=1S/C32H30O4/c1-20(2)30(33)15-23-7-11-25(12-8-23)27-17-28(19-29(18-27)36-32(35)22(5)6)26-13-9-24(10-14-26)16-31(34)21(3)4/h7-14,17-19H,1,3,5,15-16H2,2,4,6H3. The summed E-state index contributed by atoms with van der Waals surface area (Å²) in [6.45, 7) is 16.1. The Hall–Kier alpha value is -4.31. The van der Waals surface area contributed by atoms with E-state index in [4.69, 9.17) is 4.74 Å². The first-order valence-electron chi connectivity index (χ1n) is 11.6. The minimum Gasteiger partial charge on any atom is -0.423 e. The second kappa shape index (κ2) is 11.4. The summed E-state index contributed by atoms with van der Waals surface area (Å²) < 4.78 is 5.56. The third kappa shape index (κ3) is 6.86. The van der Waals surface area contributed by atoms with Crippen molar-refractivity contribution < 1.29 is 19.1 Å². The first-order valence-corrected chi connectivity index (χ1v) is 11.6. The number of hydrogen-bond donors (Lipinski definition) is 0. The van der Waals surface area contributed by atoms with Crippen molar-refractivity contribution in [2.24, 2.45) is 0 Å². The first-order chi connectivity index (χ1) is 17.0. The highest BCUT2D eigenvalue weighted by Gasteiger charge is 2.12. The molecule has 0 fully saturated rings. The number of esters is 1. The molecule has 0 radical (unpaired) electrons. The van der Waals surface area contributed by atoms with Crippen molar-refractivity contribution >= 4 is 17.5 Å². The summed E-state index contributed by atoms with van der Waals surface area (Å²) in [5.74, 6) is -0.0849. The van der Waals surface area contributed by atoms with Gasteiger partial charge in [-0.2, -0.15) is 0 Å². The second-order valence-corrected chi connectivity index (χ2v) is 9.07. The topological polar surface area (TPSA) is 60.4 Å². The molecule has 0 saturated carbocycles. The van der Waals surface area contributed by atoms with Crippen LogP contribution in [0.5, 0.6) is 5.75 Å². The van der Waals surface area contributed by atoms with Crippen molar-refractivity contribution in [1.82, 2.24) is 0 Å². The van der Waals surface area contributed by atoms with Gasteiger partial charge in [0.15, 0.2) is 11.6 Å². The Morgan fingerprint density at radius 1 is 0.583 bits per heavy atom. The van der Waals surface area contributed by atoms with E-state index in [0.717, 1.165) is 33.4 Å². The first kappa shape index (κ1) is 26.3. The lowest BCUT2D eigenvalue weighted by molar-refractivity contribution is -0.130. The molecule has 0 aromatic heterocycles. The molecule has 0 amide bonds. The van der Waals surface area contributed by atoms with Crippen molar-refractivity contribution in [3.05, 3.63) is 114 Å². The Bertz CT molecular complexity index is 1270. The van der Waals surface area contributed by atoms with Gasteiger partial charge in [0.1, 0.15) is 5.75 Å². The lowest BCUT2D eigenvalue weighted by Crippen LogP contribution is -2.08. The summed E-state index contributed by atoms with van der Waals surface area (Å²) in [5.41, 5.74) is 6.72. The number of carbonyl (C=O) groups is 3. The van der Waals surface area contributed by atoms with E-state index < -0.39 is 5.97 Å². The lowest BCUT2D eigenvalue weighted by Gasteiger charge is -2.12. The predicted molar refractivity (Wildman–Crippen MR) is 145 cm³/mol. The van der Waals surface area contributed by atoms with Gasteiger partial charge in [0.05, 0.1) is 0 Å². The molecule has 4 heteroatoms. The van der Waals surface area contributed by atoms with Gasteiger partial charge in [0.25, 0.3) is 0 Å². The summed E-state index contributed by atoms with van der Waals surface area (Å²) in [4.78, 5) is 36.2. The number of rotatable bonds is 10. The zero-order chi connectivity index (χ0) is 26.4. The van der Waals surface area contributed by atoms with Crippen LogP contribution < -0.4 is 4.74 Å². The third-order valence-electron chi connectivity index (χ3n) is 5.72. The van der Waals surface area contributed by atoms with Crippen LogP contribution in [-0.4, -0.2) is 17.5 Å². The van der Waals surface area contributed by atoms with Crippen molar-refractivity contribution in [3.63, 3.8) is 0 Å². The van der Waals surface area contributed by atoms with E-state index in [9.17, 15) is 14.4 Å². The molecule has 0 aliphatic heterocycles. The summed E-state index contributed by atoms with van der Waals surface area (Å²) in [6, 6.07) is 21.0. The minimum absolute atomic E-state index is 0.00661. The smallest absolute Gasteiger partial charge is 0.338 e. The second-order valence-electron chi connectivity index (χ2n) is 9.07. The normalized spacial score (nSPS) is 10.4. The highest BCUT2D eigenvalue weighted by Crippen LogP contribution is 2.32. The number of ether oxygens (including phenoxy) is 1. The van der Waals surface area contributed by atoms with Gasteiger partial charge in [-0.25, -0.2) is 4.79 Å². The lowest BCUT2D eigenvalue weighted by atomic mass is 9.95. The predicted octanol–water partition coefficient (Wildman–Crippen LogP) is 6.88. The van der Waals surface area contributed by atoms with Crippen LogP contribution in [0.1, 0.15) is 31.9 Å². The largest absolute Gasteiger partial charge is 0.423 e. The average Bonchev–Trinajstić information content (AvgIpc) is 2.84. The molecule has 4 nitrogen and oxygen atoms in total. The number of ketones is 2. The third-order valence-corrected chi connectivity index (χ3v) is 5.72. The molecule has 0 bridgehead atoms. The van der Waals surface area contributed by atoms with Crippen LogP contribution in [0.25, 0.3) is 22.3 Å². The Balaban J connectivity index is 1.96. The maximum absolute atomic E-state index is 12.2.